The number of hydrogen-bond acceptors (Lipinski definition) is 5. The quantitative estimate of drug-likeness (QED) is 0.714. The predicted molar refractivity (Wildman–Crippen MR) is 62.4 cm³/mol. The minimum Gasteiger partial charge on any atom is -0.475 e. The second kappa shape index (κ2) is 5.09. The Morgan fingerprint density at radius 3 is 3.06 bits per heavy atom. The number of carboxylic acids is 1. The third-order valence-corrected chi connectivity index (χ3v) is 3.35. The summed E-state index contributed by atoms with van der Waals surface area (Å²) >= 11 is 0. The molecule has 0 radical (unpaired) electrons. The maximum atomic E-state index is 10.8. The Morgan fingerprint density at radius 2 is 2.44 bits per heavy atom. The van der Waals surface area contributed by atoms with Gasteiger partial charge in [0.2, 0.25) is 5.76 Å². The van der Waals surface area contributed by atoms with Crippen LogP contribution in [-0.2, 0) is 11.3 Å². The summed E-state index contributed by atoms with van der Waals surface area (Å²) in [4.78, 5) is 10.8. The number of aliphatic hydroxyl groups is 1. The summed E-state index contributed by atoms with van der Waals surface area (Å²) in [5, 5.41) is 22.1. The van der Waals surface area contributed by atoms with Crippen LogP contribution in [0.3, 0.4) is 0 Å². The Balaban J connectivity index is 1.89. The lowest BCUT2D eigenvalue weighted by molar-refractivity contribution is -0.0263. The summed E-state index contributed by atoms with van der Waals surface area (Å²) in [5.41, 5.74) is -0.315. The molecule has 1 fully saturated rings. The van der Waals surface area contributed by atoms with E-state index >= 15 is 0 Å². The molecule has 6 heteroatoms. The summed E-state index contributed by atoms with van der Waals surface area (Å²) in [7, 11) is 0. The van der Waals surface area contributed by atoms with Crippen LogP contribution < -0.4 is 5.32 Å². The van der Waals surface area contributed by atoms with Crippen LogP contribution in [-0.4, -0.2) is 41.0 Å². The van der Waals surface area contributed by atoms with Crippen LogP contribution in [0.4, 0.5) is 0 Å². The largest absolute Gasteiger partial charge is 0.475 e. The molecule has 0 saturated carbocycles. The van der Waals surface area contributed by atoms with E-state index in [2.05, 4.69) is 5.32 Å². The molecule has 6 nitrogen and oxygen atoms in total. The maximum Gasteiger partial charge on any atom is 0.372 e. The highest BCUT2D eigenvalue weighted by Gasteiger charge is 2.39. The van der Waals surface area contributed by atoms with Crippen molar-refractivity contribution < 1.29 is 24.2 Å². The zero-order chi connectivity index (χ0) is 13.2. The second-order valence-corrected chi connectivity index (χ2v) is 4.55. The molecule has 0 aromatic carbocycles. The summed E-state index contributed by atoms with van der Waals surface area (Å²) in [6, 6.07) is 1.61. The molecule has 1 aromatic rings. The highest BCUT2D eigenvalue weighted by molar-refractivity contribution is 5.86. The Bertz CT molecular complexity index is 430. The standard InChI is InChI=1S/C12H17NO5/c1-8-12(16,3-5-17-8)7-13-6-9-2-4-18-10(9)11(14)15/h2,4,8,13,16H,3,5-7H2,1H3,(H,14,15). The highest BCUT2D eigenvalue weighted by Crippen LogP contribution is 2.24. The van der Waals surface area contributed by atoms with E-state index in [9.17, 15) is 9.90 Å². The van der Waals surface area contributed by atoms with Crippen molar-refractivity contribution in [2.24, 2.45) is 0 Å². The lowest BCUT2D eigenvalue weighted by atomic mass is 9.96. The van der Waals surface area contributed by atoms with Crippen molar-refractivity contribution in [1.82, 2.24) is 5.32 Å². The first-order chi connectivity index (χ1) is 8.53. The van der Waals surface area contributed by atoms with Gasteiger partial charge < -0.3 is 24.7 Å². The monoisotopic (exact) mass is 255 g/mol. The third kappa shape index (κ3) is 2.55. The maximum absolute atomic E-state index is 10.8. The molecule has 2 heterocycles. The van der Waals surface area contributed by atoms with E-state index < -0.39 is 11.6 Å². The lowest BCUT2D eigenvalue weighted by Gasteiger charge is -2.26. The van der Waals surface area contributed by atoms with Gasteiger partial charge in [0.05, 0.1) is 12.4 Å². The van der Waals surface area contributed by atoms with Gasteiger partial charge in [-0.2, -0.15) is 0 Å². The van der Waals surface area contributed by atoms with E-state index in [1.54, 1.807) is 6.07 Å². The molecule has 0 amide bonds. The number of furan rings is 1. The van der Waals surface area contributed by atoms with Gasteiger partial charge in [0.1, 0.15) is 5.60 Å². The molecule has 2 rings (SSSR count). The molecule has 100 valence electrons. The summed E-state index contributed by atoms with van der Waals surface area (Å²) in [6.45, 7) is 3.08. The SMILES string of the molecule is CC1OCCC1(O)CNCc1ccoc1C(=O)O. The fraction of sp³-hybridized carbons (Fsp3) is 0.583. The Kier molecular flexibility index (Phi) is 3.70. The fourth-order valence-corrected chi connectivity index (χ4v) is 2.08. The van der Waals surface area contributed by atoms with Crippen molar-refractivity contribution >= 4 is 5.97 Å². The number of nitrogens with one attached hydrogen (secondary N) is 1. The van der Waals surface area contributed by atoms with Crippen molar-refractivity contribution in [3.63, 3.8) is 0 Å². The topological polar surface area (TPSA) is 91.9 Å². The van der Waals surface area contributed by atoms with E-state index in [-0.39, 0.29) is 11.9 Å². The molecule has 1 aliphatic heterocycles. The van der Waals surface area contributed by atoms with Gasteiger partial charge in [0.15, 0.2) is 0 Å². The van der Waals surface area contributed by atoms with E-state index in [1.165, 1.54) is 6.26 Å². The van der Waals surface area contributed by atoms with Crippen molar-refractivity contribution in [1.29, 1.82) is 0 Å². The third-order valence-electron chi connectivity index (χ3n) is 3.35. The average Bonchev–Trinajstić information content (AvgIpc) is 2.88. The normalized spacial score (nSPS) is 27.6. The lowest BCUT2D eigenvalue weighted by Crippen LogP contribution is -2.45. The summed E-state index contributed by atoms with van der Waals surface area (Å²) in [5.74, 6) is -1.15. The zero-order valence-electron chi connectivity index (χ0n) is 10.2. The Morgan fingerprint density at radius 1 is 1.67 bits per heavy atom. The van der Waals surface area contributed by atoms with E-state index in [0.717, 1.165) is 0 Å². The Labute approximate surface area is 105 Å². The van der Waals surface area contributed by atoms with Gasteiger partial charge in [-0.3, -0.25) is 0 Å². The van der Waals surface area contributed by atoms with Gasteiger partial charge in [0, 0.05) is 31.7 Å². The predicted octanol–water partition coefficient (Wildman–Crippen LogP) is 0.607. The van der Waals surface area contributed by atoms with E-state index in [1.807, 2.05) is 6.92 Å². The first kappa shape index (κ1) is 13.1. The number of aromatic carboxylic acids is 1. The molecule has 18 heavy (non-hydrogen) atoms. The minimum absolute atomic E-state index is 0.0646. The van der Waals surface area contributed by atoms with E-state index in [0.29, 0.717) is 31.7 Å². The van der Waals surface area contributed by atoms with Crippen molar-refractivity contribution in [2.75, 3.05) is 13.2 Å². The van der Waals surface area contributed by atoms with Crippen molar-refractivity contribution in [3.05, 3.63) is 23.7 Å². The number of hydrogen-bond donors (Lipinski definition) is 3. The van der Waals surface area contributed by atoms with Gasteiger partial charge in [-0.1, -0.05) is 0 Å². The molecule has 1 aliphatic rings. The molecule has 3 N–H and O–H groups in total. The van der Waals surface area contributed by atoms with Crippen LogP contribution in [0.15, 0.2) is 16.7 Å². The van der Waals surface area contributed by atoms with Crippen LogP contribution in [0.1, 0.15) is 29.5 Å². The number of ether oxygens (including phenoxy) is 1. The van der Waals surface area contributed by atoms with Gasteiger partial charge in [-0.25, -0.2) is 4.79 Å². The van der Waals surface area contributed by atoms with Gasteiger partial charge >= 0.3 is 5.97 Å². The molecular formula is C12H17NO5. The van der Waals surface area contributed by atoms with Gasteiger partial charge in [0.25, 0.3) is 0 Å². The molecular weight excluding hydrogens is 238 g/mol. The number of rotatable bonds is 5. The van der Waals surface area contributed by atoms with Crippen LogP contribution in [0.25, 0.3) is 0 Å². The van der Waals surface area contributed by atoms with Crippen molar-refractivity contribution in [3.8, 4) is 0 Å². The molecule has 1 saturated heterocycles. The minimum atomic E-state index is -1.09. The Hall–Kier alpha value is -1.37. The summed E-state index contributed by atoms with van der Waals surface area (Å²) < 4.78 is 10.2. The molecule has 2 atom stereocenters. The van der Waals surface area contributed by atoms with Crippen LogP contribution in [0, 0.1) is 0 Å². The smallest absolute Gasteiger partial charge is 0.372 e. The second-order valence-electron chi connectivity index (χ2n) is 4.55. The van der Waals surface area contributed by atoms with Crippen LogP contribution >= 0.6 is 0 Å². The first-order valence-electron chi connectivity index (χ1n) is 5.87. The molecule has 0 bridgehead atoms. The number of carboxylic acid groups (broad SMARTS) is 1. The average molecular weight is 255 g/mol. The molecule has 0 aliphatic carbocycles. The van der Waals surface area contributed by atoms with Crippen LogP contribution in [0.5, 0.6) is 0 Å². The highest BCUT2D eigenvalue weighted by atomic mass is 16.5. The van der Waals surface area contributed by atoms with Gasteiger partial charge in [-0.05, 0) is 13.0 Å². The molecule has 2 unspecified atom stereocenters. The fourth-order valence-electron chi connectivity index (χ4n) is 2.08. The van der Waals surface area contributed by atoms with E-state index in [4.69, 9.17) is 14.3 Å². The van der Waals surface area contributed by atoms with Crippen LogP contribution in [0.2, 0.25) is 0 Å². The number of carbonyl (C=O) groups is 1. The van der Waals surface area contributed by atoms with Crippen molar-refractivity contribution in [2.45, 2.75) is 31.6 Å². The first-order valence-corrected chi connectivity index (χ1v) is 5.87. The summed E-state index contributed by atoms with van der Waals surface area (Å²) in [6.07, 6.45) is 1.71. The molecule has 1 aromatic heterocycles. The molecule has 0 spiro atoms. The van der Waals surface area contributed by atoms with Gasteiger partial charge in [-0.15, -0.1) is 0 Å². The zero-order valence-corrected chi connectivity index (χ0v) is 10.2.